The van der Waals surface area contributed by atoms with E-state index in [2.05, 4.69) is 56.2 Å². The molecule has 2 rings (SSSR count). The maximum atomic E-state index is 2.59. The van der Waals surface area contributed by atoms with E-state index < -0.39 is 14.0 Å². The van der Waals surface area contributed by atoms with Crippen LogP contribution in [0.1, 0.15) is 26.7 Å². The van der Waals surface area contributed by atoms with Crippen molar-refractivity contribution in [3.8, 4) is 0 Å². The second-order valence-corrected chi connectivity index (χ2v) is 25.2. The molecular formula is C14H24Cl2SiTi. The van der Waals surface area contributed by atoms with Gasteiger partial charge in [0, 0.05) is 0 Å². The molecule has 0 saturated heterocycles. The monoisotopic (exact) mass is 338 g/mol. The summed E-state index contributed by atoms with van der Waals surface area (Å²) in [6, 6.07) is 0. The first-order chi connectivity index (χ1) is 7.31. The van der Waals surface area contributed by atoms with Gasteiger partial charge in [-0.15, -0.1) is 24.8 Å². The van der Waals surface area contributed by atoms with Crippen molar-refractivity contribution in [2.75, 3.05) is 0 Å². The van der Waals surface area contributed by atoms with Crippen LogP contribution in [-0.4, -0.2) is 7.63 Å². The Morgan fingerprint density at radius 3 is 1.44 bits per heavy atom. The maximum Gasteiger partial charge on any atom is -0.147 e. The third-order valence-corrected chi connectivity index (χ3v) is 15.7. The van der Waals surface area contributed by atoms with Gasteiger partial charge in [0.25, 0.3) is 0 Å². The van der Waals surface area contributed by atoms with Gasteiger partial charge in [-0.25, -0.2) is 0 Å². The third kappa shape index (κ3) is 2.96. The summed E-state index contributed by atoms with van der Waals surface area (Å²) in [5, 5.41) is 5.18. The molecule has 18 heavy (non-hydrogen) atoms. The van der Waals surface area contributed by atoms with Crippen LogP contribution in [0.25, 0.3) is 0 Å². The van der Waals surface area contributed by atoms with Gasteiger partial charge in [0.2, 0.25) is 0 Å². The molecule has 0 nitrogen and oxygen atoms in total. The van der Waals surface area contributed by atoms with Crippen LogP contribution in [0.3, 0.4) is 0 Å². The fraction of sp³-hybridized carbons (Fsp3) is 0.429. The van der Waals surface area contributed by atoms with Gasteiger partial charge in [0.1, 0.15) is 0 Å². The van der Waals surface area contributed by atoms with E-state index in [1.165, 1.54) is 12.8 Å². The molecule has 0 unspecified atom stereocenters. The van der Waals surface area contributed by atoms with Crippen molar-refractivity contribution in [2.24, 2.45) is 0 Å². The molecule has 0 aromatic heterocycles. The molecule has 0 N–H and O–H groups in total. The topological polar surface area (TPSA) is 0 Å². The zero-order chi connectivity index (χ0) is 12.0. The first kappa shape index (κ1) is 18.5. The van der Waals surface area contributed by atoms with Crippen LogP contribution in [0, 0.1) is 0 Å². The van der Waals surface area contributed by atoms with E-state index in [1.54, 1.807) is 18.9 Å². The van der Waals surface area contributed by atoms with Crippen molar-refractivity contribution in [3.05, 3.63) is 43.2 Å². The average molecular weight is 339 g/mol. The Kier molecular flexibility index (Phi) is 6.00. The molecule has 2 aliphatic carbocycles. The van der Waals surface area contributed by atoms with Gasteiger partial charge in [-0.05, 0) is 0 Å². The summed E-state index contributed by atoms with van der Waals surface area (Å²) in [4.78, 5) is 0. The quantitative estimate of drug-likeness (QED) is 0.644. The van der Waals surface area contributed by atoms with Crippen molar-refractivity contribution in [3.63, 3.8) is 0 Å². The van der Waals surface area contributed by atoms with Gasteiger partial charge in [0.05, 0.1) is 0 Å². The number of rotatable bonds is 2. The Morgan fingerprint density at radius 1 is 0.889 bits per heavy atom. The van der Waals surface area contributed by atoms with E-state index in [4.69, 9.17) is 0 Å². The molecule has 0 fully saturated rings. The van der Waals surface area contributed by atoms with Crippen LogP contribution < -0.4 is 0 Å². The van der Waals surface area contributed by atoms with Crippen molar-refractivity contribution < 1.29 is 14.0 Å². The van der Waals surface area contributed by atoms with E-state index in [0.29, 0.717) is 0 Å². The summed E-state index contributed by atoms with van der Waals surface area (Å²) >= 11 is -2.53. The van der Waals surface area contributed by atoms with E-state index in [9.17, 15) is 0 Å². The normalized spacial score (nSPS) is 19.2. The fourth-order valence-corrected chi connectivity index (χ4v) is 14.0. The van der Waals surface area contributed by atoms with E-state index in [-0.39, 0.29) is 24.8 Å². The Hall–Kier alpha value is 0.471. The summed E-state index contributed by atoms with van der Waals surface area (Å²) in [5.41, 5.74) is 3.09. The standard InChI is InChI=1S/2C6H7.2CH3.2ClH.H2Si.Ti/c2*1-6-4-2-3-5-6;;;;;;/h2*2,4H,3H2,1H3;2*1H3;2*1H;1H2;. The van der Waals surface area contributed by atoms with Crippen LogP contribution >= 0.6 is 24.8 Å². The summed E-state index contributed by atoms with van der Waals surface area (Å²) in [7, 11) is 2.34. The van der Waals surface area contributed by atoms with E-state index in [0.717, 1.165) is 0 Å². The molecule has 0 amide bonds. The fourth-order valence-electron chi connectivity index (χ4n) is 3.33. The first-order valence-electron chi connectivity index (χ1n) is 6.12. The van der Waals surface area contributed by atoms with Gasteiger partial charge in [0.15, 0.2) is 0 Å². The molecule has 0 bridgehead atoms. The first-order valence-corrected chi connectivity index (χ1v) is 14.8. The zero-order valence-corrected chi connectivity index (χ0v) is 16.4. The summed E-state index contributed by atoms with van der Waals surface area (Å²) in [6.45, 7) is 4.59. The SMILES string of the molecule is CC1=[C]([Ti]([CH3])([CH3])(=[SiH2])[C]2=C(C)C=CC2)CC=C1.Cl.Cl. The number of halogens is 2. The van der Waals surface area contributed by atoms with Crippen LogP contribution in [-0.2, 0) is 14.0 Å². The van der Waals surface area contributed by atoms with Gasteiger partial charge < -0.3 is 0 Å². The van der Waals surface area contributed by atoms with E-state index >= 15 is 0 Å². The molecule has 0 radical (unpaired) electrons. The number of hydrogen-bond donors (Lipinski definition) is 0. The third-order valence-electron chi connectivity index (χ3n) is 4.27. The second kappa shape index (κ2) is 5.85. The van der Waals surface area contributed by atoms with Crippen molar-refractivity contribution in [2.45, 2.75) is 37.1 Å². The Bertz CT molecular complexity index is 488. The Balaban J connectivity index is 0.00000144. The Labute approximate surface area is 126 Å². The smallest absolute Gasteiger partial charge is 0.147 e. The molecule has 4 heteroatoms. The minimum atomic E-state index is -2.53. The number of allylic oxidation sites excluding steroid dienone is 8. The molecular weight excluding hydrogens is 315 g/mol. The van der Waals surface area contributed by atoms with Crippen molar-refractivity contribution in [1.29, 1.82) is 0 Å². The molecule has 0 aliphatic heterocycles. The predicted molar refractivity (Wildman–Crippen MR) is 87.7 cm³/mol. The molecule has 0 spiro atoms. The molecule has 2 aliphatic rings. The van der Waals surface area contributed by atoms with Crippen LogP contribution in [0.4, 0.5) is 0 Å². The van der Waals surface area contributed by atoms with E-state index in [1.807, 2.05) is 0 Å². The summed E-state index contributed by atoms with van der Waals surface area (Å²) < 4.78 is 3.57. The molecule has 102 valence electrons. The van der Waals surface area contributed by atoms with Gasteiger partial charge in [-0.2, -0.15) is 0 Å². The maximum absolute atomic E-state index is 2.59. The van der Waals surface area contributed by atoms with Crippen LogP contribution in [0.2, 0.25) is 10.5 Å². The molecule has 0 aromatic rings. The average Bonchev–Trinajstić information content (AvgIpc) is 2.73. The largest absolute Gasteiger partial charge is 0.147 e. The van der Waals surface area contributed by atoms with Gasteiger partial charge >= 0.3 is 102 Å². The van der Waals surface area contributed by atoms with Crippen molar-refractivity contribution in [1.82, 2.24) is 0 Å². The van der Waals surface area contributed by atoms with Crippen molar-refractivity contribution >= 4 is 32.4 Å². The molecule has 0 aromatic carbocycles. The number of hydrogen-bond acceptors (Lipinski definition) is 0. The molecule has 0 atom stereocenters. The Morgan fingerprint density at radius 2 is 1.22 bits per heavy atom. The molecule has 0 saturated carbocycles. The van der Waals surface area contributed by atoms with Crippen LogP contribution in [0.5, 0.6) is 0 Å². The minimum Gasteiger partial charge on any atom is -0.147 e. The summed E-state index contributed by atoms with van der Waals surface area (Å²) in [6.07, 6.45) is 11.7. The summed E-state index contributed by atoms with van der Waals surface area (Å²) in [5.74, 6) is 0. The van der Waals surface area contributed by atoms with Gasteiger partial charge in [-0.3, -0.25) is 0 Å². The second-order valence-electron chi connectivity index (χ2n) is 6.22. The molecule has 0 heterocycles. The zero-order valence-electron chi connectivity index (χ0n) is 11.7. The predicted octanol–water partition coefficient (Wildman–Crippen LogP) is 4.63. The van der Waals surface area contributed by atoms with Crippen LogP contribution in [0.15, 0.2) is 43.2 Å². The minimum absolute atomic E-state index is 0. The van der Waals surface area contributed by atoms with Gasteiger partial charge in [-0.1, -0.05) is 0 Å².